The van der Waals surface area contributed by atoms with Gasteiger partial charge in [-0.15, -0.1) is 0 Å². The summed E-state index contributed by atoms with van der Waals surface area (Å²) < 4.78 is 41.1. The van der Waals surface area contributed by atoms with Crippen LogP contribution in [0.15, 0.2) is 75.1 Å². The van der Waals surface area contributed by atoms with Gasteiger partial charge < -0.3 is 13.7 Å². The summed E-state index contributed by atoms with van der Waals surface area (Å²) in [6.07, 6.45) is 1.34. The van der Waals surface area contributed by atoms with Crippen LogP contribution in [0.25, 0.3) is 0 Å². The molecule has 35 heavy (non-hydrogen) atoms. The van der Waals surface area contributed by atoms with Crippen molar-refractivity contribution in [3.8, 4) is 17.2 Å². The molecule has 1 N–H and O–H groups in total. The van der Waals surface area contributed by atoms with Crippen molar-refractivity contribution in [1.29, 1.82) is 0 Å². The number of nitro groups is 1. The van der Waals surface area contributed by atoms with E-state index in [0.29, 0.717) is 16.9 Å². The van der Waals surface area contributed by atoms with E-state index in [0.717, 1.165) is 24.3 Å². The van der Waals surface area contributed by atoms with Crippen molar-refractivity contribution >= 4 is 43.9 Å². The zero-order chi connectivity index (χ0) is 25.6. The normalized spacial score (nSPS) is 11.2. The highest BCUT2D eigenvalue weighted by Crippen LogP contribution is 2.38. The van der Waals surface area contributed by atoms with Gasteiger partial charge in [0.15, 0.2) is 11.5 Å². The number of nitrogens with one attached hydrogen (secondary N) is 1. The van der Waals surface area contributed by atoms with Crippen molar-refractivity contribution in [1.82, 2.24) is 5.43 Å². The van der Waals surface area contributed by atoms with Gasteiger partial charge in [0.1, 0.15) is 10.6 Å². The van der Waals surface area contributed by atoms with Gasteiger partial charge in [0.25, 0.3) is 11.6 Å². The van der Waals surface area contributed by atoms with Gasteiger partial charge in [-0.25, -0.2) is 5.43 Å². The molecule has 0 radical (unpaired) electrons. The molecule has 0 aliphatic carbocycles. The Morgan fingerprint density at radius 1 is 1.06 bits per heavy atom. The molecule has 3 aromatic rings. The first-order chi connectivity index (χ1) is 16.6. The van der Waals surface area contributed by atoms with Crippen molar-refractivity contribution in [3.05, 3.63) is 86.4 Å². The Bertz CT molecular complexity index is 1380. The topological polar surface area (TPSA) is 146 Å². The number of methoxy groups -OCH3 is 2. The van der Waals surface area contributed by atoms with Gasteiger partial charge in [-0.05, 0) is 70.0 Å². The maximum Gasteiger partial charge on any atom is 0.339 e. The Kier molecular flexibility index (Phi) is 8.04. The first-order valence-electron chi connectivity index (χ1n) is 9.68. The average molecular weight is 564 g/mol. The van der Waals surface area contributed by atoms with Crippen LogP contribution >= 0.6 is 15.9 Å². The molecule has 13 heteroatoms. The fourth-order valence-corrected chi connectivity index (χ4v) is 4.36. The van der Waals surface area contributed by atoms with E-state index in [-0.39, 0.29) is 26.6 Å². The van der Waals surface area contributed by atoms with E-state index in [2.05, 4.69) is 26.5 Å². The zero-order valence-electron chi connectivity index (χ0n) is 18.3. The molecule has 3 aromatic carbocycles. The van der Waals surface area contributed by atoms with Gasteiger partial charge >= 0.3 is 10.1 Å². The van der Waals surface area contributed by atoms with Crippen molar-refractivity contribution in [2.45, 2.75) is 4.90 Å². The third-order valence-corrected chi connectivity index (χ3v) is 6.34. The third kappa shape index (κ3) is 6.33. The van der Waals surface area contributed by atoms with E-state index in [1.807, 2.05) is 0 Å². The van der Waals surface area contributed by atoms with Crippen molar-refractivity contribution in [3.63, 3.8) is 0 Å². The van der Waals surface area contributed by atoms with Crippen LogP contribution in [-0.4, -0.2) is 39.7 Å². The second-order valence-electron chi connectivity index (χ2n) is 6.75. The Hall–Kier alpha value is -3.97. The lowest BCUT2D eigenvalue weighted by molar-refractivity contribution is -0.384. The number of carbonyl (C=O) groups excluding carboxylic acids is 1. The standard InChI is InChI=1S/C22H18BrN3O8S/c1-32-17-7-3-15(4-8-17)22(27)25-24-13-14-11-19(23)21(20(12-14)33-2)34-35(30,31)18-9-5-16(6-10-18)26(28)29/h3-13H,1-2H3,(H,25,27)/b24-13-. The molecule has 1 amide bonds. The maximum absolute atomic E-state index is 12.7. The summed E-state index contributed by atoms with van der Waals surface area (Å²) in [6.45, 7) is 0. The molecule has 182 valence electrons. The van der Waals surface area contributed by atoms with Crippen LogP contribution in [0.3, 0.4) is 0 Å². The first-order valence-corrected chi connectivity index (χ1v) is 11.9. The molecule has 0 bridgehead atoms. The Labute approximate surface area is 208 Å². The van der Waals surface area contributed by atoms with Crippen LogP contribution in [0, 0.1) is 10.1 Å². The number of amides is 1. The second kappa shape index (κ2) is 11.0. The molecule has 0 saturated heterocycles. The lowest BCUT2D eigenvalue weighted by Gasteiger charge is -2.13. The number of carbonyl (C=O) groups is 1. The van der Waals surface area contributed by atoms with Crippen LogP contribution in [0.5, 0.6) is 17.2 Å². The van der Waals surface area contributed by atoms with E-state index in [1.54, 1.807) is 24.3 Å². The summed E-state index contributed by atoms with van der Waals surface area (Å²) in [5.41, 5.74) is 2.97. The largest absolute Gasteiger partial charge is 0.497 e. The van der Waals surface area contributed by atoms with Crippen LogP contribution in [0.1, 0.15) is 15.9 Å². The molecule has 0 fully saturated rings. The molecule has 0 spiro atoms. The Morgan fingerprint density at radius 2 is 1.71 bits per heavy atom. The SMILES string of the molecule is COc1ccc(C(=O)N/N=C\c2cc(Br)c(OS(=O)(=O)c3ccc([N+](=O)[O-])cc3)c(OC)c2)cc1. The van der Waals surface area contributed by atoms with Gasteiger partial charge in [0.2, 0.25) is 0 Å². The summed E-state index contributed by atoms with van der Waals surface area (Å²) in [7, 11) is -1.48. The average Bonchev–Trinajstić information content (AvgIpc) is 2.85. The fourth-order valence-electron chi connectivity index (χ4n) is 2.76. The third-order valence-electron chi connectivity index (χ3n) is 4.51. The highest BCUT2D eigenvalue weighted by molar-refractivity contribution is 9.10. The molecule has 0 aromatic heterocycles. The number of nitro benzene ring substituents is 1. The van der Waals surface area contributed by atoms with Crippen molar-refractivity contribution < 1.29 is 31.8 Å². The smallest absolute Gasteiger partial charge is 0.339 e. The van der Waals surface area contributed by atoms with Gasteiger partial charge in [0, 0.05) is 17.7 Å². The number of hydrogen-bond acceptors (Lipinski definition) is 9. The Morgan fingerprint density at radius 3 is 2.29 bits per heavy atom. The number of benzene rings is 3. The predicted octanol–water partition coefficient (Wildman–Crippen LogP) is 3.91. The van der Waals surface area contributed by atoms with Crippen LogP contribution in [0.2, 0.25) is 0 Å². The molecule has 3 rings (SSSR count). The Balaban J connectivity index is 1.77. The molecule has 0 atom stereocenters. The minimum Gasteiger partial charge on any atom is -0.497 e. The van der Waals surface area contributed by atoms with Crippen LogP contribution < -0.4 is 19.1 Å². The van der Waals surface area contributed by atoms with Crippen molar-refractivity contribution in [2.75, 3.05) is 14.2 Å². The highest BCUT2D eigenvalue weighted by atomic mass is 79.9. The number of non-ortho nitro benzene ring substituents is 1. The predicted molar refractivity (Wildman–Crippen MR) is 130 cm³/mol. The number of rotatable bonds is 9. The number of hydrogen-bond donors (Lipinski definition) is 1. The molecule has 0 aliphatic heterocycles. The quantitative estimate of drug-likeness (QED) is 0.178. The molecule has 0 heterocycles. The number of ether oxygens (including phenoxy) is 2. The maximum atomic E-state index is 12.7. The lowest BCUT2D eigenvalue weighted by atomic mass is 10.2. The zero-order valence-corrected chi connectivity index (χ0v) is 20.7. The van der Waals surface area contributed by atoms with E-state index >= 15 is 0 Å². The molecule has 0 saturated carbocycles. The van der Waals surface area contributed by atoms with Crippen molar-refractivity contribution in [2.24, 2.45) is 5.10 Å². The van der Waals surface area contributed by atoms with Gasteiger partial charge in [-0.2, -0.15) is 13.5 Å². The number of halogens is 1. The van der Waals surface area contributed by atoms with E-state index in [9.17, 15) is 23.3 Å². The summed E-state index contributed by atoms with van der Waals surface area (Å²) in [6, 6.07) is 13.7. The van der Waals surface area contributed by atoms with Gasteiger partial charge in [-0.3, -0.25) is 14.9 Å². The lowest BCUT2D eigenvalue weighted by Crippen LogP contribution is -2.17. The fraction of sp³-hybridized carbons (Fsp3) is 0.0909. The number of nitrogens with zero attached hydrogens (tertiary/aromatic N) is 2. The molecule has 0 aliphatic rings. The highest BCUT2D eigenvalue weighted by Gasteiger charge is 2.23. The molecule has 11 nitrogen and oxygen atoms in total. The van der Waals surface area contributed by atoms with E-state index < -0.39 is 20.9 Å². The second-order valence-corrected chi connectivity index (χ2v) is 9.15. The molecular formula is C22H18BrN3O8S. The minimum atomic E-state index is -4.32. The van der Waals surface area contributed by atoms with Crippen LogP contribution in [-0.2, 0) is 10.1 Å². The first kappa shape index (κ1) is 25.6. The van der Waals surface area contributed by atoms with Crippen LogP contribution in [0.4, 0.5) is 5.69 Å². The molecular weight excluding hydrogens is 546 g/mol. The summed E-state index contributed by atoms with van der Waals surface area (Å²) in [5.74, 6) is 0.0991. The minimum absolute atomic E-state index is 0.0628. The van der Waals surface area contributed by atoms with E-state index in [4.69, 9.17) is 13.7 Å². The monoisotopic (exact) mass is 563 g/mol. The number of hydrazone groups is 1. The summed E-state index contributed by atoms with van der Waals surface area (Å²) in [5, 5.41) is 14.7. The van der Waals surface area contributed by atoms with Gasteiger partial charge in [0.05, 0.1) is 29.8 Å². The molecule has 0 unspecified atom stereocenters. The summed E-state index contributed by atoms with van der Waals surface area (Å²) in [4.78, 5) is 22.1. The summed E-state index contributed by atoms with van der Waals surface area (Å²) >= 11 is 3.25. The van der Waals surface area contributed by atoms with Gasteiger partial charge in [-0.1, -0.05) is 0 Å². The van der Waals surface area contributed by atoms with E-state index in [1.165, 1.54) is 32.6 Å².